The van der Waals surface area contributed by atoms with Crippen LogP contribution >= 0.6 is 23.2 Å². The number of rotatable bonds is 5. The Morgan fingerprint density at radius 1 is 1.00 bits per heavy atom. The van der Waals surface area contributed by atoms with Crippen LogP contribution in [-0.2, 0) is 10.0 Å². The highest BCUT2D eigenvalue weighted by molar-refractivity contribution is 7.92. The van der Waals surface area contributed by atoms with Gasteiger partial charge in [0.2, 0.25) is 0 Å². The molecule has 0 spiro atoms. The van der Waals surface area contributed by atoms with Gasteiger partial charge in [0.1, 0.15) is 5.15 Å². The molecule has 9 heteroatoms. The number of anilines is 2. The lowest BCUT2D eigenvalue weighted by Crippen LogP contribution is -2.15. The minimum absolute atomic E-state index is 0.0781. The Bertz CT molecular complexity index is 1160. The van der Waals surface area contributed by atoms with Crippen molar-refractivity contribution in [2.24, 2.45) is 0 Å². The summed E-state index contributed by atoms with van der Waals surface area (Å²) in [6.45, 7) is 3.67. The van der Waals surface area contributed by atoms with Gasteiger partial charge in [-0.15, -0.1) is 0 Å². The largest absolute Gasteiger partial charge is 0.322 e. The van der Waals surface area contributed by atoms with Crippen LogP contribution in [0.2, 0.25) is 10.2 Å². The van der Waals surface area contributed by atoms with Crippen molar-refractivity contribution in [3.05, 3.63) is 81.6 Å². The molecule has 1 aromatic heterocycles. The number of benzene rings is 2. The lowest BCUT2D eigenvalue weighted by atomic mass is 10.1. The van der Waals surface area contributed by atoms with Gasteiger partial charge in [0, 0.05) is 11.9 Å². The summed E-state index contributed by atoms with van der Waals surface area (Å²) in [5.41, 5.74) is 2.86. The molecule has 1 amide bonds. The molecule has 3 rings (SSSR count). The van der Waals surface area contributed by atoms with Crippen molar-refractivity contribution in [1.29, 1.82) is 0 Å². The third-order valence-electron chi connectivity index (χ3n) is 4.20. The van der Waals surface area contributed by atoms with Gasteiger partial charge in [-0.25, -0.2) is 13.4 Å². The number of halogens is 2. The van der Waals surface area contributed by atoms with Gasteiger partial charge >= 0.3 is 0 Å². The highest BCUT2D eigenvalue weighted by Crippen LogP contribution is 2.24. The van der Waals surface area contributed by atoms with Crippen molar-refractivity contribution in [3.63, 3.8) is 0 Å². The molecule has 0 aliphatic rings. The van der Waals surface area contributed by atoms with Crippen molar-refractivity contribution < 1.29 is 13.2 Å². The molecule has 3 aromatic rings. The van der Waals surface area contributed by atoms with Gasteiger partial charge in [0.05, 0.1) is 21.2 Å². The topological polar surface area (TPSA) is 88.2 Å². The number of sulfonamides is 1. The molecule has 29 heavy (non-hydrogen) atoms. The molecule has 0 atom stereocenters. The Morgan fingerprint density at radius 3 is 2.21 bits per heavy atom. The van der Waals surface area contributed by atoms with Gasteiger partial charge in [0.25, 0.3) is 15.9 Å². The van der Waals surface area contributed by atoms with E-state index < -0.39 is 15.9 Å². The van der Waals surface area contributed by atoms with Crippen LogP contribution in [0.3, 0.4) is 0 Å². The number of hydrogen-bond donors (Lipinski definition) is 2. The van der Waals surface area contributed by atoms with Gasteiger partial charge in [-0.2, -0.15) is 0 Å². The highest BCUT2D eigenvalue weighted by Gasteiger charge is 2.17. The fraction of sp³-hybridized carbons (Fsp3) is 0.100. The molecule has 0 fully saturated rings. The Balaban J connectivity index is 1.77. The van der Waals surface area contributed by atoms with E-state index in [1.165, 1.54) is 36.5 Å². The average molecular weight is 450 g/mol. The summed E-state index contributed by atoms with van der Waals surface area (Å²) in [5.74, 6) is -0.444. The minimum Gasteiger partial charge on any atom is -0.322 e. The summed E-state index contributed by atoms with van der Waals surface area (Å²) in [6.07, 6.45) is 1.30. The van der Waals surface area contributed by atoms with Crippen LogP contribution in [0.25, 0.3) is 0 Å². The molecule has 1 heterocycles. The first-order chi connectivity index (χ1) is 13.7. The molecule has 0 radical (unpaired) electrons. The molecular weight excluding hydrogens is 433 g/mol. The van der Waals surface area contributed by atoms with E-state index in [-0.39, 0.29) is 20.6 Å². The maximum Gasteiger partial charge on any atom is 0.261 e. The van der Waals surface area contributed by atoms with E-state index in [1.807, 2.05) is 32.0 Å². The van der Waals surface area contributed by atoms with E-state index >= 15 is 0 Å². The first-order valence-corrected chi connectivity index (χ1v) is 10.7. The standard InChI is InChI=1S/C20H17Cl2N3O3S/c1-12-4-3-5-13(2)18(12)25-29(27,28)16-8-6-15(7-9-16)24-20(26)14-10-17(21)19(22)23-11-14/h3-11,25H,1-2H3,(H,24,26). The predicted molar refractivity (Wildman–Crippen MR) is 115 cm³/mol. The maximum atomic E-state index is 12.7. The lowest BCUT2D eigenvalue weighted by Gasteiger charge is -2.13. The monoisotopic (exact) mass is 449 g/mol. The molecule has 0 aliphatic carbocycles. The second-order valence-electron chi connectivity index (χ2n) is 6.35. The van der Waals surface area contributed by atoms with Crippen molar-refractivity contribution in [2.75, 3.05) is 10.0 Å². The summed E-state index contributed by atoms with van der Waals surface area (Å²) >= 11 is 11.6. The Labute approximate surface area is 178 Å². The second kappa shape index (κ2) is 8.41. The zero-order chi connectivity index (χ0) is 21.2. The van der Waals surface area contributed by atoms with E-state index in [0.29, 0.717) is 11.4 Å². The van der Waals surface area contributed by atoms with E-state index in [0.717, 1.165) is 11.1 Å². The molecule has 0 aliphatic heterocycles. The quantitative estimate of drug-likeness (QED) is 0.532. The smallest absolute Gasteiger partial charge is 0.261 e. The van der Waals surface area contributed by atoms with Crippen LogP contribution < -0.4 is 10.0 Å². The van der Waals surface area contributed by atoms with Gasteiger partial charge in [-0.3, -0.25) is 9.52 Å². The zero-order valence-electron chi connectivity index (χ0n) is 15.5. The number of pyridine rings is 1. The molecule has 0 saturated carbocycles. The zero-order valence-corrected chi connectivity index (χ0v) is 17.9. The summed E-state index contributed by atoms with van der Waals surface area (Å²) in [7, 11) is -3.77. The number of nitrogens with one attached hydrogen (secondary N) is 2. The Morgan fingerprint density at radius 2 is 1.62 bits per heavy atom. The first kappa shape index (κ1) is 21.1. The number of carbonyl (C=O) groups excluding carboxylic acids is 1. The van der Waals surface area contributed by atoms with Gasteiger partial charge < -0.3 is 5.32 Å². The number of hydrogen-bond acceptors (Lipinski definition) is 4. The minimum atomic E-state index is -3.77. The van der Waals surface area contributed by atoms with Crippen LogP contribution in [0, 0.1) is 13.8 Å². The summed E-state index contributed by atoms with van der Waals surface area (Å²) in [5, 5.41) is 2.93. The fourth-order valence-electron chi connectivity index (χ4n) is 2.63. The third kappa shape index (κ3) is 4.87. The summed E-state index contributed by atoms with van der Waals surface area (Å²) in [6, 6.07) is 12.8. The SMILES string of the molecule is Cc1cccc(C)c1NS(=O)(=O)c1ccc(NC(=O)c2cnc(Cl)c(Cl)c2)cc1. The van der Waals surface area contributed by atoms with Gasteiger partial charge in [-0.05, 0) is 55.3 Å². The second-order valence-corrected chi connectivity index (χ2v) is 8.80. The third-order valence-corrected chi connectivity index (χ3v) is 6.25. The Kier molecular flexibility index (Phi) is 6.12. The normalized spacial score (nSPS) is 11.2. The molecule has 0 bridgehead atoms. The van der Waals surface area contributed by atoms with E-state index in [2.05, 4.69) is 15.0 Å². The summed E-state index contributed by atoms with van der Waals surface area (Å²) < 4.78 is 28.0. The number of nitrogens with zero attached hydrogens (tertiary/aromatic N) is 1. The van der Waals surface area contributed by atoms with Crippen LogP contribution in [-0.4, -0.2) is 19.3 Å². The molecular formula is C20H17Cl2N3O3S. The van der Waals surface area contributed by atoms with Gasteiger partial charge in [-0.1, -0.05) is 41.4 Å². The van der Waals surface area contributed by atoms with Crippen molar-refractivity contribution in [3.8, 4) is 0 Å². The molecule has 2 aromatic carbocycles. The van der Waals surface area contributed by atoms with Crippen LogP contribution in [0.4, 0.5) is 11.4 Å². The van der Waals surface area contributed by atoms with Crippen LogP contribution in [0.15, 0.2) is 59.6 Å². The van der Waals surface area contributed by atoms with E-state index in [9.17, 15) is 13.2 Å². The maximum absolute atomic E-state index is 12.7. The molecule has 150 valence electrons. The Hall–Kier alpha value is -2.61. The number of aryl methyl sites for hydroxylation is 2. The molecule has 2 N–H and O–H groups in total. The van der Waals surface area contributed by atoms with Crippen molar-refractivity contribution >= 4 is 50.5 Å². The number of para-hydroxylation sites is 1. The summed E-state index contributed by atoms with van der Waals surface area (Å²) in [4.78, 5) is 16.2. The first-order valence-electron chi connectivity index (χ1n) is 8.49. The van der Waals surface area contributed by atoms with E-state index in [1.54, 1.807) is 0 Å². The highest BCUT2D eigenvalue weighted by atomic mass is 35.5. The molecule has 0 unspecified atom stereocenters. The molecule has 0 saturated heterocycles. The number of amides is 1. The fourth-order valence-corrected chi connectivity index (χ4v) is 4.11. The predicted octanol–water partition coefficient (Wildman–Crippen LogP) is 5.06. The number of aromatic nitrogens is 1. The lowest BCUT2D eigenvalue weighted by molar-refractivity contribution is 0.102. The van der Waals surface area contributed by atoms with Crippen LogP contribution in [0.5, 0.6) is 0 Å². The van der Waals surface area contributed by atoms with E-state index in [4.69, 9.17) is 23.2 Å². The van der Waals surface area contributed by atoms with Gasteiger partial charge in [0.15, 0.2) is 0 Å². The van der Waals surface area contributed by atoms with Crippen LogP contribution in [0.1, 0.15) is 21.5 Å². The molecule has 6 nitrogen and oxygen atoms in total. The van der Waals surface area contributed by atoms with Crippen molar-refractivity contribution in [1.82, 2.24) is 4.98 Å². The average Bonchev–Trinajstić information content (AvgIpc) is 2.67. The van der Waals surface area contributed by atoms with Crippen molar-refractivity contribution in [2.45, 2.75) is 18.7 Å². The number of carbonyl (C=O) groups is 1.